The Bertz CT molecular complexity index is 662. The third-order valence-corrected chi connectivity index (χ3v) is 4.85. The number of hydrogen-bond donors (Lipinski definition) is 1. The van der Waals surface area contributed by atoms with Gasteiger partial charge in [0.05, 0.1) is 11.9 Å². The number of amides is 1. The Morgan fingerprint density at radius 3 is 2.88 bits per heavy atom. The number of allylic oxidation sites excluding steroid dienone is 1. The number of carbonyl (C=O) groups excluding carboxylic acids is 1. The molecule has 1 aromatic heterocycles. The number of guanidine groups is 1. The Morgan fingerprint density at radius 1 is 1.36 bits per heavy atom. The van der Waals surface area contributed by atoms with Crippen LogP contribution in [0.4, 0.5) is 5.69 Å². The minimum Gasteiger partial charge on any atom is -0.356 e. The van der Waals surface area contributed by atoms with Crippen LogP contribution in [0, 0.1) is 0 Å². The molecule has 0 atom stereocenters. The molecule has 1 fully saturated rings. The molecule has 0 aromatic carbocycles. The number of anilines is 1. The van der Waals surface area contributed by atoms with Crippen molar-refractivity contribution in [3.63, 3.8) is 0 Å². The summed E-state index contributed by atoms with van der Waals surface area (Å²) in [6.45, 7) is 2.63. The average molecular weight is 344 g/mol. The Labute approximate surface area is 149 Å². The Morgan fingerprint density at radius 2 is 2.24 bits per heavy atom. The van der Waals surface area contributed by atoms with Gasteiger partial charge in [0.15, 0.2) is 5.96 Å². The first-order valence-corrected chi connectivity index (χ1v) is 9.10. The molecule has 0 saturated carbocycles. The summed E-state index contributed by atoms with van der Waals surface area (Å²) in [6, 6.07) is 0. The Hall–Kier alpha value is -2.31. The van der Waals surface area contributed by atoms with E-state index in [4.69, 9.17) is 0 Å². The first-order chi connectivity index (χ1) is 12.2. The Kier molecular flexibility index (Phi) is 5.73. The molecule has 3 rings (SSSR count). The second-order valence-electron chi connectivity index (χ2n) is 6.67. The quantitative estimate of drug-likeness (QED) is 0.511. The maximum Gasteiger partial charge on any atom is 0.246 e. The molecule has 1 saturated heterocycles. The fraction of sp³-hybridized carbons (Fsp3) is 0.611. The molecule has 1 aromatic rings. The smallest absolute Gasteiger partial charge is 0.246 e. The van der Waals surface area contributed by atoms with Crippen LogP contribution < -0.4 is 10.2 Å². The van der Waals surface area contributed by atoms with Crippen LogP contribution in [0.5, 0.6) is 0 Å². The number of carbonyl (C=O) groups is 1. The van der Waals surface area contributed by atoms with Crippen molar-refractivity contribution in [2.24, 2.45) is 12.0 Å². The predicted octanol–water partition coefficient (Wildman–Crippen LogP) is 1.53. The van der Waals surface area contributed by atoms with Crippen molar-refractivity contribution in [1.82, 2.24) is 20.0 Å². The van der Waals surface area contributed by atoms with Crippen LogP contribution in [-0.2, 0) is 11.8 Å². The summed E-state index contributed by atoms with van der Waals surface area (Å²) in [5.41, 5.74) is 2.41. The standard InChI is InChI=1S/C18H28N6O/c1-19-18(20-9-8-15-6-4-3-5-7-15)23-10-11-24(17(25)14-23)16-12-21-22(2)13-16/h6,12-13H,3-5,7-11,14H2,1-2H3,(H,19,20). The normalized spacial score (nSPS) is 19.2. The summed E-state index contributed by atoms with van der Waals surface area (Å²) >= 11 is 0. The highest BCUT2D eigenvalue weighted by molar-refractivity contribution is 5.98. The summed E-state index contributed by atoms with van der Waals surface area (Å²) in [5.74, 6) is 0.896. The number of aromatic nitrogens is 2. The molecule has 0 unspecified atom stereocenters. The van der Waals surface area contributed by atoms with E-state index in [9.17, 15) is 4.79 Å². The highest BCUT2D eigenvalue weighted by Gasteiger charge is 2.27. The molecule has 0 radical (unpaired) electrons. The molecule has 25 heavy (non-hydrogen) atoms. The van der Waals surface area contributed by atoms with Crippen molar-refractivity contribution in [2.75, 3.05) is 38.1 Å². The van der Waals surface area contributed by atoms with E-state index in [-0.39, 0.29) is 5.91 Å². The van der Waals surface area contributed by atoms with Crippen LogP contribution >= 0.6 is 0 Å². The number of nitrogens with one attached hydrogen (secondary N) is 1. The van der Waals surface area contributed by atoms with Crippen LogP contribution in [0.25, 0.3) is 0 Å². The summed E-state index contributed by atoms with van der Waals surface area (Å²) in [4.78, 5) is 20.7. The SMILES string of the molecule is CN=C(NCCC1=CCCCC1)N1CCN(c2cnn(C)c2)C(=O)C1. The third kappa shape index (κ3) is 4.41. The van der Waals surface area contributed by atoms with E-state index < -0.39 is 0 Å². The lowest BCUT2D eigenvalue weighted by Gasteiger charge is -2.35. The third-order valence-electron chi connectivity index (χ3n) is 4.85. The van der Waals surface area contributed by atoms with Crippen molar-refractivity contribution in [1.29, 1.82) is 0 Å². The lowest BCUT2D eigenvalue weighted by Crippen LogP contribution is -2.55. The predicted molar refractivity (Wildman–Crippen MR) is 99.7 cm³/mol. The highest BCUT2D eigenvalue weighted by Crippen LogP contribution is 2.19. The number of rotatable bonds is 4. The monoisotopic (exact) mass is 344 g/mol. The summed E-state index contributed by atoms with van der Waals surface area (Å²) in [5, 5.41) is 7.56. The zero-order valence-corrected chi connectivity index (χ0v) is 15.2. The molecule has 0 spiro atoms. The second kappa shape index (κ2) is 8.18. The van der Waals surface area contributed by atoms with Gasteiger partial charge in [-0.05, 0) is 32.1 Å². The van der Waals surface area contributed by atoms with Crippen LogP contribution in [0.2, 0.25) is 0 Å². The average Bonchev–Trinajstić information content (AvgIpc) is 3.05. The topological polar surface area (TPSA) is 65.8 Å². The first-order valence-electron chi connectivity index (χ1n) is 9.10. The largest absolute Gasteiger partial charge is 0.356 e. The van der Waals surface area contributed by atoms with Gasteiger partial charge in [0.2, 0.25) is 5.91 Å². The first kappa shape index (κ1) is 17.5. The van der Waals surface area contributed by atoms with Gasteiger partial charge >= 0.3 is 0 Å². The lowest BCUT2D eigenvalue weighted by molar-refractivity contribution is -0.120. The molecule has 2 heterocycles. The fourth-order valence-electron chi connectivity index (χ4n) is 3.47. The van der Waals surface area contributed by atoms with Crippen LogP contribution in [0.1, 0.15) is 32.1 Å². The molecule has 136 valence electrons. The molecule has 1 N–H and O–H groups in total. The van der Waals surface area contributed by atoms with Crippen LogP contribution in [0.3, 0.4) is 0 Å². The maximum atomic E-state index is 12.5. The molecule has 1 aliphatic heterocycles. The van der Waals surface area contributed by atoms with Crippen molar-refractivity contribution < 1.29 is 4.79 Å². The molecular weight excluding hydrogens is 316 g/mol. The number of piperazine rings is 1. The van der Waals surface area contributed by atoms with Gasteiger partial charge < -0.3 is 15.1 Å². The van der Waals surface area contributed by atoms with Crippen LogP contribution in [-0.4, -0.2) is 59.8 Å². The minimum atomic E-state index is 0.0807. The van der Waals surface area contributed by atoms with E-state index in [1.807, 2.05) is 18.1 Å². The molecular formula is C18H28N6O. The van der Waals surface area contributed by atoms with Crippen molar-refractivity contribution in [3.05, 3.63) is 24.0 Å². The molecule has 7 nitrogen and oxygen atoms in total. The van der Waals surface area contributed by atoms with E-state index in [1.54, 1.807) is 28.4 Å². The van der Waals surface area contributed by atoms with Gasteiger partial charge in [0.1, 0.15) is 6.54 Å². The van der Waals surface area contributed by atoms with Crippen molar-refractivity contribution >= 4 is 17.6 Å². The fourth-order valence-corrected chi connectivity index (χ4v) is 3.47. The van der Waals surface area contributed by atoms with E-state index in [1.165, 1.54) is 25.7 Å². The Balaban J connectivity index is 1.51. The summed E-state index contributed by atoms with van der Waals surface area (Å²) < 4.78 is 1.72. The van der Waals surface area contributed by atoms with Crippen LogP contribution in [0.15, 0.2) is 29.0 Å². The van der Waals surface area contributed by atoms with E-state index in [0.717, 1.165) is 31.2 Å². The summed E-state index contributed by atoms with van der Waals surface area (Å²) in [6.07, 6.45) is 12.1. The van der Waals surface area contributed by atoms with Gasteiger partial charge in [-0.1, -0.05) is 11.6 Å². The van der Waals surface area contributed by atoms with Gasteiger partial charge in [-0.3, -0.25) is 14.5 Å². The second-order valence-corrected chi connectivity index (χ2v) is 6.67. The van der Waals surface area contributed by atoms with Gasteiger partial charge in [0.25, 0.3) is 0 Å². The van der Waals surface area contributed by atoms with Gasteiger partial charge in [-0.15, -0.1) is 0 Å². The van der Waals surface area contributed by atoms with Crippen molar-refractivity contribution in [2.45, 2.75) is 32.1 Å². The number of nitrogens with zero attached hydrogens (tertiary/aromatic N) is 5. The maximum absolute atomic E-state index is 12.5. The zero-order valence-electron chi connectivity index (χ0n) is 15.2. The minimum absolute atomic E-state index is 0.0807. The molecule has 1 aliphatic carbocycles. The molecule has 7 heteroatoms. The number of hydrogen-bond acceptors (Lipinski definition) is 3. The zero-order chi connectivity index (χ0) is 17.6. The van der Waals surface area contributed by atoms with E-state index in [0.29, 0.717) is 13.1 Å². The van der Waals surface area contributed by atoms with Gasteiger partial charge in [-0.25, -0.2) is 0 Å². The van der Waals surface area contributed by atoms with Gasteiger partial charge in [0, 0.05) is 39.9 Å². The number of aryl methyl sites for hydroxylation is 1. The molecule has 1 amide bonds. The molecule has 2 aliphatic rings. The lowest BCUT2D eigenvalue weighted by atomic mass is 9.97. The van der Waals surface area contributed by atoms with Crippen molar-refractivity contribution in [3.8, 4) is 0 Å². The molecule has 0 bridgehead atoms. The highest BCUT2D eigenvalue weighted by atomic mass is 16.2. The van der Waals surface area contributed by atoms with Gasteiger partial charge in [-0.2, -0.15) is 5.10 Å². The number of aliphatic imine (C=N–C) groups is 1. The van der Waals surface area contributed by atoms with E-state index in [2.05, 4.69) is 21.5 Å². The summed E-state index contributed by atoms with van der Waals surface area (Å²) in [7, 11) is 3.64. The van der Waals surface area contributed by atoms with E-state index >= 15 is 0 Å².